The van der Waals surface area contributed by atoms with Gasteiger partial charge in [0.15, 0.2) is 0 Å². The minimum Gasteiger partial charge on any atom is -0.351 e. The molecule has 0 spiro atoms. The molecule has 0 bridgehead atoms. The number of aromatic nitrogens is 3. The van der Waals surface area contributed by atoms with E-state index in [0.29, 0.717) is 38.2 Å². The third kappa shape index (κ3) is 6.24. The molecule has 0 aliphatic rings. The van der Waals surface area contributed by atoms with Crippen LogP contribution in [0.3, 0.4) is 0 Å². The number of thioether (sulfide) groups is 1. The highest BCUT2D eigenvalue weighted by Crippen LogP contribution is 2.31. The lowest BCUT2D eigenvalue weighted by Crippen LogP contribution is -2.24. The third-order valence-electron chi connectivity index (χ3n) is 4.67. The Morgan fingerprint density at radius 3 is 2.03 bits per heavy atom. The number of carbonyl (C=O) groups is 1. The van der Waals surface area contributed by atoms with Crippen LogP contribution >= 0.6 is 46.6 Å². The van der Waals surface area contributed by atoms with Crippen molar-refractivity contribution in [2.75, 3.05) is 5.75 Å². The Labute approximate surface area is 210 Å². The van der Waals surface area contributed by atoms with Gasteiger partial charge in [0.05, 0.1) is 5.75 Å². The second-order valence-electron chi connectivity index (χ2n) is 6.96. The molecule has 0 saturated heterocycles. The lowest BCUT2D eigenvalue weighted by Gasteiger charge is -2.10. The molecule has 9 heteroatoms. The van der Waals surface area contributed by atoms with Crippen molar-refractivity contribution in [1.82, 2.24) is 20.5 Å². The molecule has 0 radical (unpaired) electrons. The van der Waals surface area contributed by atoms with Gasteiger partial charge >= 0.3 is 0 Å². The van der Waals surface area contributed by atoms with Gasteiger partial charge < -0.3 is 5.32 Å². The molecule has 3 aromatic carbocycles. The van der Waals surface area contributed by atoms with Crippen LogP contribution in [0.25, 0.3) is 22.5 Å². The predicted octanol–water partition coefficient (Wildman–Crippen LogP) is 6.57. The van der Waals surface area contributed by atoms with E-state index in [9.17, 15) is 4.79 Å². The Morgan fingerprint density at radius 2 is 1.39 bits per heavy atom. The van der Waals surface area contributed by atoms with Crippen molar-refractivity contribution in [3.8, 4) is 22.5 Å². The van der Waals surface area contributed by atoms with Crippen molar-refractivity contribution in [3.05, 3.63) is 93.4 Å². The molecule has 1 heterocycles. The Hall–Kier alpha value is -2.64. The van der Waals surface area contributed by atoms with E-state index in [4.69, 9.17) is 34.8 Å². The number of rotatable bonds is 7. The Kier molecular flexibility index (Phi) is 7.83. The summed E-state index contributed by atoms with van der Waals surface area (Å²) in [6.45, 7) is 0.351. The fourth-order valence-electron chi connectivity index (χ4n) is 3.00. The first-order valence-corrected chi connectivity index (χ1v) is 12.0. The molecule has 166 valence electrons. The SMILES string of the molecule is O=C(CSc1nnc(-c2ccc(Cl)cc2)c(-c2ccc(Cl)cc2)n1)NCc1ccccc1Cl. The molecule has 1 amide bonds. The molecule has 33 heavy (non-hydrogen) atoms. The van der Waals surface area contributed by atoms with E-state index in [-0.39, 0.29) is 11.7 Å². The molecule has 0 atom stereocenters. The highest BCUT2D eigenvalue weighted by Gasteiger charge is 2.15. The van der Waals surface area contributed by atoms with Crippen molar-refractivity contribution in [2.45, 2.75) is 11.7 Å². The van der Waals surface area contributed by atoms with Crippen molar-refractivity contribution >= 4 is 52.5 Å². The summed E-state index contributed by atoms with van der Waals surface area (Å²) in [5.41, 5.74) is 3.78. The summed E-state index contributed by atoms with van der Waals surface area (Å²) in [7, 11) is 0. The van der Waals surface area contributed by atoms with Crippen LogP contribution in [-0.2, 0) is 11.3 Å². The van der Waals surface area contributed by atoms with Gasteiger partial charge in [0.2, 0.25) is 11.1 Å². The Morgan fingerprint density at radius 1 is 0.788 bits per heavy atom. The van der Waals surface area contributed by atoms with E-state index in [0.717, 1.165) is 16.7 Å². The highest BCUT2D eigenvalue weighted by molar-refractivity contribution is 7.99. The fourth-order valence-corrected chi connectivity index (χ4v) is 4.07. The molecular weight excluding hydrogens is 499 g/mol. The van der Waals surface area contributed by atoms with Crippen molar-refractivity contribution in [2.24, 2.45) is 0 Å². The van der Waals surface area contributed by atoms with Crippen LogP contribution in [0.1, 0.15) is 5.56 Å². The number of nitrogens with one attached hydrogen (secondary N) is 1. The van der Waals surface area contributed by atoms with Crippen LogP contribution in [0.4, 0.5) is 0 Å². The van der Waals surface area contributed by atoms with Crippen molar-refractivity contribution < 1.29 is 4.79 Å². The van der Waals surface area contributed by atoms with Gasteiger partial charge in [0, 0.05) is 32.7 Å². The molecule has 0 unspecified atom stereocenters. The van der Waals surface area contributed by atoms with Gasteiger partial charge in [-0.15, -0.1) is 10.2 Å². The summed E-state index contributed by atoms with van der Waals surface area (Å²) in [6.07, 6.45) is 0. The van der Waals surface area contributed by atoms with Gasteiger partial charge in [-0.3, -0.25) is 4.79 Å². The first-order chi connectivity index (χ1) is 16.0. The minimum atomic E-state index is -0.154. The monoisotopic (exact) mass is 514 g/mol. The quantitative estimate of drug-likeness (QED) is 0.282. The average molecular weight is 516 g/mol. The summed E-state index contributed by atoms with van der Waals surface area (Å²) in [5.74, 6) is -0.00899. The van der Waals surface area contributed by atoms with Crippen molar-refractivity contribution in [1.29, 1.82) is 0 Å². The number of benzene rings is 3. The second-order valence-corrected chi connectivity index (χ2v) is 9.18. The van der Waals surface area contributed by atoms with E-state index in [1.54, 1.807) is 30.3 Å². The van der Waals surface area contributed by atoms with Crippen LogP contribution in [-0.4, -0.2) is 26.8 Å². The van der Waals surface area contributed by atoms with E-state index < -0.39 is 0 Å². The summed E-state index contributed by atoms with van der Waals surface area (Å²) < 4.78 is 0. The summed E-state index contributed by atoms with van der Waals surface area (Å²) in [4.78, 5) is 17.0. The van der Waals surface area contributed by atoms with E-state index in [1.165, 1.54) is 11.8 Å². The lowest BCUT2D eigenvalue weighted by atomic mass is 10.0. The fraction of sp³-hybridized carbons (Fsp3) is 0.0833. The summed E-state index contributed by atoms with van der Waals surface area (Å²) in [6, 6.07) is 22.0. The van der Waals surface area contributed by atoms with Crippen LogP contribution in [0, 0.1) is 0 Å². The van der Waals surface area contributed by atoms with Gasteiger partial charge in [0.25, 0.3) is 0 Å². The van der Waals surface area contributed by atoms with E-state index in [2.05, 4.69) is 20.5 Å². The zero-order valence-electron chi connectivity index (χ0n) is 17.1. The number of amides is 1. The van der Waals surface area contributed by atoms with Crippen molar-refractivity contribution in [3.63, 3.8) is 0 Å². The Balaban J connectivity index is 1.52. The minimum absolute atomic E-state index is 0.145. The molecule has 1 N–H and O–H groups in total. The van der Waals surface area contributed by atoms with E-state index >= 15 is 0 Å². The lowest BCUT2D eigenvalue weighted by molar-refractivity contribution is -0.118. The Bertz CT molecular complexity index is 1270. The predicted molar refractivity (Wildman–Crippen MR) is 135 cm³/mol. The zero-order valence-corrected chi connectivity index (χ0v) is 20.2. The maximum atomic E-state index is 12.3. The number of nitrogens with zero attached hydrogens (tertiary/aromatic N) is 3. The van der Waals surface area contributed by atoms with Gasteiger partial charge in [0.1, 0.15) is 11.4 Å². The zero-order chi connectivity index (χ0) is 23.2. The first-order valence-electron chi connectivity index (χ1n) is 9.89. The number of hydrogen-bond donors (Lipinski definition) is 1. The maximum absolute atomic E-state index is 12.3. The van der Waals surface area contributed by atoms with Gasteiger partial charge in [-0.2, -0.15) is 0 Å². The summed E-state index contributed by atoms with van der Waals surface area (Å²) in [5, 5.41) is 13.7. The molecule has 4 rings (SSSR count). The number of halogens is 3. The topological polar surface area (TPSA) is 67.8 Å². The normalized spacial score (nSPS) is 10.8. The maximum Gasteiger partial charge on any atom is 0.230 e. The molecule has 0 saturated carbocycles. The largest absolute Gasteiger partial charge is 0.351 e. The van der Waals surface area contributed by atoms with Crippen LogP contribution in [0.5, 0.6) is 0 Å². The highest BCUT2D eigenvalue weighted by atomic mass is 35.5. The first kappa shape index (κ1) is 23.5. The number of carbonyl (C=O) groups excluding carboxylic acids is 1. The third-order valence-corrected chi connectivity index (χ3v) is 6.38. The van der Waals surface area contributed by atoms with Gasteiger partial charge in [-0.05, 0) is 35.9 Å². The van der Waals surface area contributed by atoms with E-state index in [1.807, 2.05) is 42.5 Å². The van der Waals surface area contributed by atoms with Gasteiger partial charge in [-0.1, -0.05) is 89.0 Å². The summed E-state index contributed by atoms with van der Waals surface area (Å²) >= 11 is 19.4. The van der Waals surface area contributed by atoms with Crippen LogP contribution in [0.15, 0.2) is 78.0 Å². The number of hydrogen-bond acceptors (Lipinski definition) is 5. The van der Waals surface area contributed by atoms with Crippen LogP contribution in [0.2, 0.25) is 15.1 Å². The molecule has 4 aromatic rings. The smallest absolute Gasteiger partial charge is 0.230 e. The standard InChI is InChI=1S/C24H17Cl3N4OS/c25-18-9-5-15(6-10-18)22-23(16-7-11-19(26)12-8-16)30-31-24(29-22)33-14-21(32)28-13-17-3-1-2-4-20(17)27/h1-12H,13-14H2,(H,28,32). The molecular formula is C24H17Cl3N4OS. The second kappa shape index (κ2) is 11.0. The molecule has 1 aromatic heterocycles. The molecule has 0 aliphatic heterocycles. The van der Waals surface area contributed by atoms with Gasteiger partial charge in [-0.25, -0.2) is 4.98 Å². The molecule has 0 aliphatic carbocycles. The molecule has 5 nitrogen and oxygen atoms in total. The van der Waals surface area contributed by atoms with Crippen LogP contribution < -0.4 is 5.32 Å². The average Bonchev–Trinajstić information content (AvgIpc) is 2.83. The molecule has 0 fully saturated rings.